The van der Waals surface area contributed by atoms with Crippen LogP contribution in [0.4, 0.5) is 0 Å². The summed E-state index contributed by atoms with van der Waals surface area (Å²) in [5, 5.41) is 19.1. The van der Waals surface area contributed by atoms with Crippen molar-refractivity contribution >= 4 is 17.8 Å². The first-order chi connectivity index (χ1) is 18.9. The second kappa shape index (κ2) is 11.2. The molecule has 196 valence electrons. The standard InChI is InChI=1S/C32H27NO6/c34-30(23-17-24(31(35)36)19-25(18-23)32(37)38)33(29-15-7-10-22-9-4-5-14-28(22)29)20-21-8-6-13-27(16-21)39-26-11-2-1-3-12-26/h1-6,8-9,11-14,16-19,29H,7,10,15,20H2,(H,35,36)(H,37,38)/t29-/m0/s1. The van der Waals surface area contributed by atoms with Gasteiger partial charge in [-0.05, 0) is 78.4 Å². The third-order valence-electron chi connectivity index (χ3n) is 6.88. The Morgan fingerprint density at radius 1 is 0.744 bits per heavy atom. The number of amides is 1. The Labute approximate surface area is 225 Å². The average Bonchev–Trinajstić information content (AvgIpc) is 2.96. The molecule has 1 atom stereocenters. The molecule has 0 saturated carbocycles. The lowest BCUT2D eigenvalue weighted by Crippen LogP contribution is -2.36. The molecule has 5 rings (SSSR count). The van der Waals surface area contributed by atoms with E-state index in [1.54, 1.807) is 4.90 Å². The molecule has 0 saturated heterocycles. The molecule has 1 amide bonds. The number of ether oxygens (including phenoxy) is 1. The van der Waals surface area contributed by atoms with Crippen molar-refractivity contribution in [1.82, 2.24) is 4.90 Å². The molecule has 1 aliphatic carbocycles. The van der Waals surface area contributed by atoms with Crippen molar-refractivity contribution in [2.45, 2.75) is 31.8 Å². The number of fused-ring (bicyclic) bond motifs is 1. The summed E-state index contributed by atoms with van der Waals surface area (Å²) >= 11 is 0. The molecule has 0 aromatic heterocycles. The molecule has 1 aliphatic rings. The van der Waals surface area contributed by atoms with Gasteiger partial charge in [0.15, 0.2) is 0 Å². The SMILES string of the molecule is O=C(O)c1cc(C(=O)O)cc(C(=O)N(Cc2cccc(Oc3ccccc3)c2)[C@H]2CCCc3ccccc32)c1. The van der Waals surface area contributed by atoms with E-state index in [1.165, 1.54) is 17.7 Å². The van der Waals surface area contributed by atoms with E-state index >= 15 is 0 Å². The van der Waals surface area contributed by atoms with Gasteiger partial charge in [-0.2, -0.15) is 0 Å². The Morgan fingerprint density at radius 3 is 2.10 bits per heavy atom. The van der Waals surface area contributed by atoms with Crippen LogP contribution in [0.25, 0.3) is 0 Å². The fourth-order valence-electron chi connectivity index (χ4n) is 5.07. The van der Waals surface area contributed by atoms with E-state index < -0.39 is 17.8 Å². The summed E-state index contributed by atoms with van der Waals surface area (Å²) in [6.07, 6.45) is 2.53. The molecule has 4 aromatic rings. The van der Waals surface area contributed by atoms with Crippen LogP contribution in [0.1, 0.15) is 66.6 Å². The largest absolute Gasteiger partial charge is 0.478 e. The third kappa shape index (κ3) is 5.83. The van der Waals surface area contributed by atoms with Crippen LogP contribution in [0.2, 0.25) is 0 Å². The second-order valence-electron chi connectivity index (χ2n) is 9.51. The number of nitrogens with zero attached hydrogens (tertiary/aromatic N) is 1. The summed E-state index contributed by atoms with van der Waals surface area (Å²) in [5.41, 5.74) is 2.56. The topological polar surface area (TPSA) is 104 Å². The lowest BCUT2D eigenvalue weighted by molar-refractivity contribution is 0.0638. The quantitative estimate of drug-likeness (QED) is 0.271. The van der Waals surface area contributed by atoms with Gasteiger partial charge in [0.25, 0.3) is 5.91 Å². The average molecular weight is 522 g/mol. The Balaban J connectivity index is 1.54. The Hall–Kier alpha value is -4.91. The second-order valence-corrected chi connectivity index (χ2v) is 9.51. The molecule has 0 spiro atoms. The zero-order chi connectivity index (χ0) is 27.4. The number of carboxylic acids is 2. The maximum atomic E-state index is 14.1. The van der Waals surface area contributed by atoms with Gasteiger partial charge in [-0.15, -0.1) is 0 Å². The van der Waals surface area contributed by atoms with Crippen LogP contribution in [0, 0.1) is 0 Å². The van der Waals surface area contributed by atoms with Crippen LogP contribution < -0.4 is 4.74 Å². The number of aryl methyl sites for hydroxylation is 1. The predicted molar refractivity (Wildman–Crippen MR) is 145 cm³/mol. The summed E-state index contributed by atoms with van der Waals surface area (Å²) in [7, 11) is 0. The van der Waals surface area contributed by atoms with E-state index in [1.807, 2.05) is 72.8 Å². The van der Waals surface area contributed by atoms with Gasteiger partial charge in [0.1, 0.15) is 11.5 Å². The van der Waals surface area contributed by atoms with Crippen LogP contribution in [0.15, 0.2) is 97.1 Å². The number of carbonyl (C=O) groups excluding carboxylic acids is 1. The molecule has 7 heteroatoms. The van der Waals surface area contributed by atoms with Gasteiger partial charge in [-0.1, -0.05) is 54.6 Å². The van der Waals surface area contributed by atoms with Crippen molar-refractivity contribution in [3.63, 3.8) is 0 Å². The maximum Gasteiger partial charge on any atom is 0.335 e. The molecule has 0 aliphatic heterocycles. The number of benzene rings is 4. The van der Waals surface area contributed by atoms with Crippen LogP contribution in [0.5, 0.6) is 11.5 Å². The summed E-state index contributed by atoms with van der Waals surface area (Å²) in [4.78, 5) is 39.3. The Bertz CT molecular complexity index is 1500. The van der Waals surface area contributed by atoms with E-state index in [-0.39, 0.29) is 29.3 Å². The number of carbonyl (C=O) groups is 3. The van der Waals surface area contributed by atoms with Gasteiger partial charge < -0.3 is 19.8 Å². The highest BCUT2D eigenvalue weighted by Crippen LogP contribution is 2.36. The minimum Gasteiger partial charge on any atom is -0.478 e. The van der Waals surface area contributed by atoms with E-state index in [0.717, 1.165) is 36.5 Å². The number of carboxylic acid groups (broad SMARTS) is 2. The van der Waals surface area contributed by atoms with Crippen molar-refractivity contribution in [2.24, 2.45) is 0 Å². The first kappa shape index (κ1) is 25.7. The molecule has 0 bridgehead atoms. The van der Waals surface area contributed by atoms with Crippen molar-refractivity contribution in [3.05, 3.63) is 130 Å². The number of para-hydroxylation sites is 1. The van der Waals surface area contributed by atoms with Gasteiger partial charge in [-0.25, -0.2) is 9.59 Å². The molecule has 7 nitrogen and oxygen atoms in total. The zero-order valence-corrected chi connectivity index (χ0v) is 21.1. The molecule has 0 fully saturated rings. The number of aromatic carboxylic acids is 2. The molecular weight excluding hydrogens is 494 g/mol. The minimum absolute atomic E-state index is 0.0204. The molecule has 4 aromatic carbocycles. The van der Waals surface area contributed by atoms with Crippen LogP contribution in [-0.2, 0) is 13.0 Å². The highest BCUT2D eigenvalue weighted by Gasteiger charge is 2.31. The number of rotatable bonds is 8. The lowest BCUT2D eigenvalue weighted by atomic mass is 9.86. The Kier molecular flexibility index (Phi) is 7.41. The molecule has 39 heavy (non-hydrogen) atoms. The van der Waals surface area contributed by atoms with Crippen molar-refractivity contribution in [3.8, 4) is 11.5 Å². The molecular formula is C32H27NO6. The minimum atomic E-state index is -1.30. The summed E-state index contributed by atoms with van der Waals surface area (Å²) in [6.45, 7) is 0.226. The van der Waals surface area contributed by atoms with Crippen LogP contribution in [0.3, 0.4) is 0 Å². The first-order valence-corrected chi connectivity index (χ1v) is 12.7. The summed E-state index contributed by atoms with van der Waals surface area (Å²) < 4.78 is 6.00. The zero-order valence-electron chi connectivity index (χ0n) is 21.1. The smallest absolute Gasteiger partial charge is 0.335 e. The third-order valence-corrected chi connectivity index (χ3v) is 6.88. The highest BCUT2D eigenvalue weighted by atomic mass is 16.5. The van der Waals surface area contributed by atoms with Gasteiger partial charge in [0.05, 0.1) is 17.2 Å². The molecule has 0 unspecified atom stereocenters. The van der Waals surface area contributed by atoms with Gasteiger partial charge in [-0.3, -0.25) is 4.79 Å². The van der Waals surface area contributed by atoms with Gasteiger partial charge >= 0.3 is 11.9 Å². The van der Waals surface area contributed by atoms with Crippen molar-refractivity contribution in [2.75, 3.05) is 0 Å². The monoisotopic (exact) mass is 521 g/mol. The van der Waals surface area contributed by atoms with E-state index in [9.17, 15) is 24.6 Å². The van der Waals surface area contributed by atoms with E-state index in [2.05, 4.69) is 6.07 Å². The fourth-order valence-corrected chi connectivity index (χ4v) is 5.07. The Morgan fingerprint density at radius 2 is 1.38 bits per heavy atom. The molecule has 2 N–H and O–H groups in total. The van der Waals surface area contributed by atoms with Crippen molar-refractivity contribution < 1.29 is 29.3 Å². The molecule has 0 radical (unpaired) electrons. The van der Waals surface area contributed by atoms with E-state index in [0.29, 0.717) is 11.5 Å². The van der Waals surface area contributed by atoms with Gasteiger partial charge in [0, 0.05) is 12.1 Å². The molecule has 0 heterocycles. The maximum absolute atomic E-state index is 14.1. The van der Waals surface area contributed by atoms with E-state index in [4.69, 9.17) is 4.74 Å². The number of hydrogen-bond acceptors (Lipinski definition) is 4. The normalized spacial score (nSPS) is 14.2. The summed E-state index contributed by atoms with van der Waals surface area (Å²) in [6, 6.07) is 28.2. The summed E-state index contributed by atoms with van der Waals surface area (Å²) in [5.74, 6) is -1.72. The lowest BCUT2D eigenvalue weighted by Gasteiger charge is -2.36. The fraction of sp³-hybridized carbons (Fsp3) is 0.156. The van der Waals surface area contributed by atoms with Gasteiger partial charge in [0.2, 0.25) is 0 Å². The van der Waals surface area contributed by atoms with Crippen LogP contribution >= 0.6 is 0 Å². The number of hydrogen-bond donors (Lipinski definition) is 2. The van der Waals surface area contributed by atoms with Crippen LogP contribution in [-0.4, -0.2) is 33.0 Å². The first-order valence-electron chi connectivity index (χ1n) is 12.7. The van der Waals surface area contributed by atoms with Crippen molar-refractivity contribution in [1.29, 1.82) is 0 Å². The highest BCUT2D eigenvalue weighted by molar-refractivity contribution is 6.01. The predicted octanol–water partition coefficient (Wildman–Crippen LogP) is 6.60.